The minimum absolute atomic E-state index is 0.0532. The van der Waals surface area contributed by atoms with Gasteiger partial charge in [-0.3, -0.25) is 0 Å². The van der Waals surface area contributed by atoms with Gasteiger partial charge in [-0.15, -0.1) is 0 Å². The van der Waals surface area contributed by atoms with Gasteiger partial charge in [0.1, 0.15) is 0 Å². The van der Waals surface area contributed by atoms with Gasteiger partial charge in [0.15, 0.2) is 0 Å². The Hall–Kier alpha value is -0.534. The standard InChI is InChI=1S/C14H17.Co/c1-10-9-14(4,12(3)11(10)2)13-7-5-6-8-13;/h5-7H,8H2,1-4H3;. The van der Waals surface area contributed by atoms with Gasteiger partial charge in [0, 0.05) is 0 Å². The van der Waals surface area contributed by atoms with Crippen molar-refractivity contribution in [3.8, 4) is 0 Å². The van der Waals surface area contributed by atoms with Crippen LogP contribution in [0.3, 0.4) is 0 Å². The van der Waals surface area contributed by atoms with Crippen LogP contribution in [0.25, 0.3) is 0 Å². The van der Waals surface area contributed by atoms with Crippen molar-refractivity contribution in [2.24, 2.45) is 5.41 Å². The van der Waals surface area contributed by atoms with E-state index in [1.54, 1.807) is 0 Å². The van der Waals surface area contributed by atoms with Crippen molar-refractivity contribution < 1.29 is 15.7 Å². The number of rotatable bonds is 1. The Bertz CT molecular complexity index is 406. The van der Waals surface area contributed by atoms with Gasteiger partial charge >= 0.3 is 100 Å². The molecule has 0 amide bonds. The summed E-state index contributed by atoms with van der Waals surface area (Å²) in [5.74, 6) is 0. The Kier molecular flexibility index (Phi) is 2.56. The fourth-order valence-electron chi connectivity index (χ4n) is 2.54. The van der Waals surface area contributed by atoms with Gasteiger partial charge in [-0.1, -0.05) is 0 Å². The zero-order valence-electron chi connectivity index (χ0n) is 9.77. The summed E-state index contributed by atoms with van der Waals surface area (Å²) in [6.07, 6.45) is 7.68. The van der Waals surface area contributed by atoms with E-state index in [1.165, 1.54) is 26.8 Å². The molecular weight excluding hydrogens is 227 g/mol. The van der Waals surface area contributed by atoms with Crippen LogP contribution in [-0.4, -0.2) is 0 Å². The molecule has 1 atom stereocenters. The first kappa shape index (κ1) is 11.0. The average molecular weight is 244 g/mol. The molecule has 0 nitrogen and oxygen atoms in total. The van der Waals surface area contributed by atoms with E-state index < -0.39 is 0 Å². The van der Waals surface area contributed by atoms with E-state index in [-0.39, 0.29) is 5.41 Å². The average Bonchev–Trinajstić information content (AvgIpc) is 2.81. The van der Waals surface area contributed by atoms with E-state index in [0.717, 1.165) is 6.42 Å². The zero-order chi connectivity index (χ0) is 11.2. The number of hydrogen-bond donors (Lipinski definition) is 0. The monoisotopic (exact) mass is 244 g/mol. The Balaban J connectivity index is 2.54. The second-order valence-corrected chi connectivity index (χ2v) is 5.14. The maximum absolute atomic E-state index is 4.79. The predicted octanol–water partition coefficient (Wildman–Crippen LogP) is 4.05. The van der Waals surface area contributed by atoms with Crippen LogP contribution in [0.2, 0.25) is 0 Å². The second kappa shape index (κ2) is 3.50. The van der Waals surface area contributed by atoms with Gasteiger partial charge < -0.3 is 0 Å². The fourth-order valence-corrected chi connectivity index (χ4v) is 3.09. The van der Waals surface area contributed by atoms with Crippen molar-refractivity contribution in [2.75, 3.05) is 0 Å². The Morgan fingerprint density at radius 2 is 1.87 bits per heavy atom. The molecule has 2 aliphatic rings. The van der Waals surface area contributed by atoms with Crippen LogP contribution < -0.4 is 0 Å². The zero-order valence-corrected chi connectivity index (χ0v) is 10.8. The third-order valence-corrected chi connectivity index (χ3v) is 4.93. The molecule has 0 N–H and O–H groups in total. The van der Waals surface area contributed by atoms with Crippen LogP contribution in [0, 0.1) is 5.41 Å². The third kappa shape index (κ3) is 1.33. The van der Waals surface area contributed by atoms with Gasteiger partial charge in [-0.05, 0) is 0 Å². The van der Waals surface area contributed by atoms with Crippen LogP contribution in [0.4, 0.5) is 0 Å². The summed E-state index contributed by atoms with van der Waals surface area (Å²) in [5.41, 5.74) is 5.74. The van der Waals surface area contributed by atoms with E-state index in [9.17, 15) is 0 Å². The summed E-state index contributed by atoms with van der Waals surface area (Å²) in [7, 11) is 0. The molecule has 2 aliphatic carbocycles. The minimum atomic E-state index is 0.0532. The van der Waals surface area contributed by atoms with Crippen molar-refractivity contribution in [2.45, 2.75) is 34.1 Å². The molecule has 0 saturated carbocycles. The Morgan fingerprint density at radius 3 is 2.27 bits per heavy atom. The summed E-state index contributed by atoms with van der Waals surface area (Å²) in [6, 6.07) is 0. The Morgan fingerprint density at radius 1 is 1.20 bits per heavy atom. The van der Waals surface area contributed by atoms with Crippen LogP contribution >= 0.6 is 0 Å². The molecule has 0 radical (unpaired) electrons. The van der Waals surface area contributed by atoms with E-state index in [4.69, 9.17) is 15.7 Å². The summed E-state index contributed by atoms with van der Waals surface area (Å²) >= 11 is 4.79. The van der Waals surface area contributed by atoms with Crippen LogP contribution in [0.15, 0.2) is 45.0 Å². The molecule has 82 valence electrons. The number of allylic oxidation sites excluding steroid dienone is 8. The molecule has 0 heterocycles. The van der Waals surface area contributed by atoms with E-state index >= 15 is 0 Å². The molecule has 15 heavy (non-hydrogen) atoms. The molecular formula is C14H17Co. The van der Waals surface area contributed by atoms with Gasteiger partial charge in [0.25, 0.3) is 0 Å². The third-order valence-electron chi connectivity index (χ3n) is 4.02. The first-order valence-corrected chi connectivity index (χ1v) is 5.90. The van der Waals surface area contributed by atoms with E-state index in [2.05, 4.69) is 45.9 Å². The van der Waals surface area contributed by atoms with Crippen molar-refractivity contribution in [3.63, 3.8) is 0 Å². The molecule has 0 spiro atoms. The first-order valence-electron chi connectivity index (χ1n) is 5.38. The quantitative estimate of drug-likeness (QED) is 0.652. The molecule has 0 aromatic carbocycles. The summed E-state index contributed by atoms with van der Waals surface area (Å²) in [6.45, 7) is 8.91. The van der Waals surface area contributed by atoms with E-state index in [1.807, 2.05) is 0 Å². The topological polar surface area (TPSA) is 0 Å². The fraction of sp³-hybridized carbons (Fsp3) is 0.429. The molecule has 1 unspecified atom stereocenters. The van der Waals surface area contributed by atoms with Crippen molar-refractivity contribution in [1.29, 1.82) is 0 Å². The molecule has 1 heteroatoms. The van der Waals surface area contributed by atoms with Gasteiger partial charge in [-0.2, -0.15) is 0 Å². The summed E-state index contributed by atoms with van der Waals surface area (Å²) < 4.78 is 1.22. The van der Waals surface area contributed by atoms with Gasteiger partial charge in [0.2, 0.25) is 0 Å². The molecule has 0 aliphatic heterocycles. The predicted molar refractivity (Wildman–Crippen MR) is 61.0 cm³/mol. The molecule has 0 fully saturated rings. The molecule has 0 aromatic rings. The first-order chi connectivity index (χ1) is 6.99. The van der Waals surface area contributed by atoms with Crippen LogP contribution in [-0.2, 0) is 15.7 Å². The van der Waals surface area contributed by atoms with Crippen molar-refractivity contribution in [3.05, 3.63) is 45.0 Å². The molecule has 0 aromatic heterocycles. The molecule has 0 bridgehead atoms. The molecule has 2 rings (SSSR count). The van der Waals surface area contributed by atoms with E-state index in [0.29, 0.717) is 0 Å². The SMILES string of the molecule is CC1=C(C)C(C)(C2=CC=CC2)[C]([Co])=C1C. The second-order valence-electron chi connectivity index (χ2n) is 4.62. The van der Waals surface area contributed by atoms with Crippen molar-refractivity contribution in [1.82, 2.24) is 0 Å². The van der Waals surface area contributed by atoms with Gasteiger partial charge in [-0.25, -0.2) is 0 Å². The normalized spacial score (nSPS) is 30.7. The van der Waals surface area contributed by atoms with Gasteiger partial charge in [0.05, 0.1) is 0 Å². The number of hydrogen-bond acceptors (Lipinski definition) is 0. The maximum atomic E-state index is 4.79. The van der Waals surface area contributed by atoms with Crippen LogP contribution in [0.1, 0.15) is 34.1 Å². The van der Waals surface area contributed by atoms with Crippen LogP contribution in [0.5, 0.6) is 0 Å². The summed E-state index contributed by atoms with van der Waals surface area (Å²) in [4.78, 5) is 0. The Labute approximate surface area is 100 Å². The van der Waals surface area contributed by atoms with Crippen molar-refractivity contribution >= 4 is 0 Å². The summed E-state index contributed by atoms with van der Waals surface area (Å²) in [5, 5.41) is 0. The molecule has 0 saturated heterocycles.